The number of nitrogens with two attached hydrogens (primary N) is 1. The summed E-state index contributed by atoms with van der Waals surface area (Å²) < 4.78 is 0. The monoisotopic (exact) mass is 205 g/mol. The van der Waals surface area contributed by atoms with E-state index in [1.807, 2.05) is 25.1 Å². The fourth-order valence-electron chi connectivity index (χ4n) is 1.53. The number of aromatic amines is 1. The van der Waals surface area contributed by atoms with E-state index in [4.69, 9.17) is 5.73 Å². The van der Waals surface area contributed by atoms with Crippen molar-refractivity contribution < 1.29 is 4.79 Å². The summed E-state index contributed by atoms with van der Waals surface area (Å²) in [5.41, 5.74) is 7.46. The Kier molecular flexibility index (Phi) is 2.24. The van der Waals surface area contributed by atoms with E-state index < -0.39 is 6.03 Å². The summed E-state index contributed by atoms with van der Waals surface area (Å²) >= 11 is 0. The number of urea groups is 1. The van der Waals surface area contributed by atoms with Crippen molar-refractivity contribution in [1.82, 2.24) is 20.7 Å². The fourth-order valence-corrected chi connectivity index (χ4v) is 1.53. The maximum Gasteiger partial charge on any atom is 0.312 e. The van der Waals surface area contributed by atoms with Crippen molar-refractivity contribution in [3.63, 3.8) is 0 Å². The van der Waals surface area contributed by atoms with E-state index in [9.17, 15) is 4.79 Å². The van der Waals surface area contributed by atoms with Gasteiger partial charge in [-0.3, -0.25) is 0 Å². The smallest absolute Gasteiger partial charge is 0.312 e. The van der Waals surface area contributed by atoms with Crippen LogP contribution in [0.1, 0.15) is 18.5 Å². The molecule has 1 atom stereocenters. The lowest BCUT2D eigenvalue weighted by Gasteiger charge is -2.12. The molecule has 0 saturated carbocycles. The summed E-state index contributed by atoms with van der Waals surface area (Å²) in [5, 5.41) is 13.1. The molecule has 0 aliphatic rings. The molecule has 0 bridgehead atoms. The minimum atomic E-state index is -0.553. The second-order valence-corrected chi connectivity index (χ2v) is 3.27. The molecule has 78 valence electrons. The minimum absolute atomic E-state index is 0.184. The quantitative estimate of drug-likeness (QED) is 0.672. The number of para-hydroxylation sites is 1. The van der Waals surface area contributed by atoms with Crippen LogP contribution in [0.15, 0.2) is 18.2 Å². The van der Waals surface area contributed by atoms with Crippen LogP contribution in [0.5, 0.6) is 0 Å². The molecule has 2 amide bonds. The van der Waals surface area contributed by atoms with Gasteiger partial charge in [0, 0.05) is 5.56 Å². The van der Waals surface area contributed by atoms with Crippen molar-refractivity contribution in [3.05, 3.63) is 23.8 Å². The number of hydrogen-bond acceptors (Lipinski definition) is 3. The number of aromatic nitrogens is 3. The van der Waals surface area contributed by atoms with Crippen LogP contribution >= 0.6 is 0 Å². The average Bonchev–Trinajstić information content (AvgIpc) is 2.63. The first-order chi connectivity index (χ1) is 7.18. The van der Waals surface area contributed by atoms with Crippen LogP contribution in [-0.2, 0) is 0 Å². The highest BCUT2D eigenvalue weighted by molar-refractivity contribution is 5.79. The van der Waals surface area contributed by atoms with Crippen LogP contribution < -0.4 is 11.1 Å². The first kappa shape index (κ1) is 9.45. The predicted molar refractivity (Wildman–Crippen MR) is 55.0 cm³/mol. The second-order valence-electron chi connectivity index (χ2n) is 3.27. The van der Waals surface area contributed by atoms with Crippen LogP contribution in [0.3, 0.4) is 0 Å². The average molecular weight is 205 g/mol. The fraction of sp³-hybridized carbons (Fsp3) is 0.222. The van der Waals surface area contributed by atoms with Crippen molar-refractivity contribution in [2.75, 3.05) is 0 Å². The topological polar surface area (TPSA) is 96.7 Å². The summed E-state index contributed by atoms with van der Waals surface area (Å²) in [6.07, 6.45) is 0. The number of carbonyl (C=O) groups is 1. The molecular formula is C9H11N5O. The van der Waals surface area contributed by atoms with Crippen LogP contribution in [0, 0.1) is 0 Å². The molecule has 2 aromatic rings. The molecule has 0 radical (unpaired) electrons. The van der Waals surface area contributed by atoms with E-state index in [0.29, 0.717) is 0 Å². The third-order valence-corrected chi connectivity index (χ3v) is 2.20. The number of rotatable bonds is 2. The maximum absolute atomic E-state index is 10.7. The Morgan fingerprint density at radius 3 is 3.07 bits per heavy atom. The number of benzene rings is 1. The van der Waals surface area contributed by atoms with Gasteiger partial charge in [-0.25, -0.2) is 4.79 Å². The number of H-pyrrole nitrogens is 1. The lowest BCUT2D eigenvalue weighted by molar-refractivity contribution is 0.246. The number of nitrogens with one attached hydrogen (secondary N) is 2. The Hall–Kier alpha value is -2.11. The van der Waals surface area contributed by atoms with Crippen molar-refractivity contribution in [1.29, 1.82) is 0 Å². The molecule has 0 spiro atoms. The lowest BCUT2D eigenvalue weighted by Crippen LogP contribution is -2.31. The minimum Gasteiger partial charge on any atom is -0.352 e. The van der Waals surface area contributed by atoms with Gasteiger partial charge in [0.2, 0.25) is 0 Å². The summed E-state index contributed by atoms with van der Waals surface area (Å²) in [4.78, 5) is 10.7. The Balaban J connectivity index is 2.42. The van der Waals surface area contributed by atoms with E-state index in [1.165, 1.54) is 0 Å². The van der Waals surface area contributed by atoms with Gasteiger partial charge in [0.25, 0.3) is 0 Å². The van der Waals surface area contributed by atoms with Gasteiger partial charge in [-0.15, -0.1) is 0 Å². The van der Waals surface area contributed by atoms with E-state index >= 15 is 0 Å². The third-order valence-electron chi connectivity index (χ3n) is 2.20. The zero-order chi connectivity index (χ0) is 10.8. The highest BCUT2D eigenvalue weighted by atomic mass is 16.2. The van der Waals surface area contributed by atoms with Crippen LogP contribution in [0.2, 0.25) is 0 Å². The van der Waals surface area contributed by atoms with Crippen molar-refractivity contribution in [3.8, 4) is 0 Å². The molecule has 0 aliphatic carbocycles. The highest BCUT2D eigenvalue weighted by Gasteiger charge is 2.12. The summed E-state index contributed by atoms with van der Waals surface area (Å²) in [5.74, 6) is 0. The van der Waals surface area contributed by atoms with Crippen molar-refractivity contribution in [2.45, 2.75) is 13.0 Å². The molecule has 15 heavy (non-hydrogen) atoms. The number of hydrogen-bond donors (Lipinski definition) is 3. The van der Waals surface area contributed by atoms with Gasteiger partial charge in [-0.05, 0) is 13.0 Å². The first-order valence-electron chi connectivity index (χ1n) is 4.54. The number of primary amides is 1. The molecular weight excluding hydrogens is 194 g/mol. The zero-order valence-electron chi connectivity index (χ0n) is 8.19. The Bertz CT molecular complexity index is 492. The Morgan fingerprint density at radius 1 is 1.53 bits per heavy atom. The number of amides is 2. The van der Waals surface area contributed by atoms with Crippen molar-refractivity contribution >= 4 is 17.1 Å². The normalized spacial score (nSPS) is 12.6. The Morgan fingerprint density at radius 2 is 2.33 bits per heavy atom. The standard InChI is InChI=1S/C9H11N5O/c1-5(11-9(10)15)6-3-2-4-7-8(6)13-14-12-7/h2-5H,1H3,(H3,10,11,15)(H,12,13,14). The third kappa shape index (κ3) is 1.74. The van der Waals surface area contributed by atoms with Crippen LogP contribution in [0.4, 0.5) is 4.79 Å². The van der Waals surface area contributed by atoms with E-state index in [0.717, 1.165) is 16.6 Å². The molecule has 0 saturated heterocycles. The van der Waals surface area contributed by atoms with Gasteiger partial charge < -0.3 is 11.1 Å². The molecule has 1 aromatic carbocycles. The summed E-state index contributed by atoms with van der Waals surface area (Å²) in [6, 6.07) is 4.85. The number of nitrogens with zero attached hydrogens (tertiary/aromatic N) is 2. The van der Waals surface area contributed by atoms with Gasteiger partial charge >= 0.3 is 6.03 Å². The van der Waals surface area contributed by atoms with Crippen LogP contribution in [0.25, 0.3) is 11.0 Å². The largest absolute Gasteiger partial charge is 0.352 e. The van der Waals surface area contributed by atoms with Gasteiger partial charge in [-0.1, -0.05) is 12.1 Å². The molecule has 0 fully saturated rings. The lowest BCUT2D eigenvalue weighted by atomic mass is 10.1. The van der Waals surface area contributed by atoms with Crippen LogP contribution in [-0.4, -0.2) is 21.4 Å². The molecule has 0 aliphatic heterocycles. The molecule has 2 rings (SSSR count). The predicted octanol–water partition coefficient (Wildman–Crippen LogP) is 0.687. The Labute approximate surface area is 85.8 Å². The van der Waals surface area contributed by atoms with E-state index in [2.05, 4.69) is 20.7 Å². The number of carbonyl (C=O) groups excluding carboxylic acids is 1. The maximum atomic E-state index is 10.7. The van der Waals surface area contributed by atoms with Crippen molar-refractivity contribution in [2.24, 2.45) is 5.73 Å². The van der Waals surface area contributed by atoms with Gasteiger partial charge in [-0.2, -0.15) is 15.4 Å². The summed E-state index contributed by atoms with van der Waals surface area (Å²) in [7, 11) is 0. The van der Waals surface area contributed by atoms with Gasteiger partial charge in [0.1, 0.15) is 11.0 Å². The molecule has 6 nitrogen and oxygen atoms in total. The van der Waals surface area contributed by atoms with E-state index in [-0.39, 0.29) is 6.04 Å². The first-order valence-corrected chi connectivity index (χ1v) is 4.54. The highest BCUT2D eigenvalue weighted by Crippen LogP contribution is 2.20. The molecule has 1 unspecified atom stereocenters. The number of fused-ring (bicyclic) bond motifs is 1. The second kappa shape index (κ2) is 3.56. The molecule has 1 aromatic heterocycles. The molecule has 6 heteroatoms. The zero-order valence-corrected chi connectivity index (χ0v) is 8.19. The molecule has 4 N–H and O–H groups in total. The van der Waals surface area contributed by atoms with Gasteiger partial charge in [0.15, 0.2) is 0 Å². The summed E-state index contributed by atoms with van der Waals surface area (Å²) in [6.45, 7) is 1.84. The van der Waals surface area contributed by atoms with E-state index in [1.54, 1.807) is 0 Å². The SMILES string of the molecule is CC(NC(N)=O)c1cccc2n[nH]nc12. The van der Waals surface area contributed by atoms with Gasteiger partial charge in [0.05, 0.1) is 6.04 Å². The molecule has 1 heterocycles.